The van der Waals surface area contributed by atoms with Gasteiger partial charge in [0.2, 0.25) is 0 Å². The monoisotopic (exact) mass is 227 g/mol. The number of nitrogens with one attached hydrogen (secondary N) is 1. The SMILES string of the molecule is Cc1c(C)n(CC(F)F)c2c(=O)[nH]ncc12. The first-order valence-corrected chi connectivity index (χ1v) is 4.83. The predicted molar refractivity (Wildman–Crippen MR) is 55.8 cm³/mol. The maximum Gasteiger partial charge on any atom is 0.288 e. The third-order valence-corrected chi connectivity index (χ3v) is 2.77. The molecule has 1 N–H and O–H groups in total. The summed E-state index contributed by atoms with van der Waals surface area (Å²) in [6.45, 7) is 3.04. The molecular weight excluding hydrogens is 216 g/mol. The number of rotatable bonds is 2. The molecule has 2 aromatic heterocycles. The molecule has 0 aliphatic carbocycles. The molecule has 0 atom stereocenters. The normalized spacial score (nSPS) is 11.6. The Kier molecular flexibility index (Phi) is 2.49. The lowest BCUT2D eigenvalue weighted by atomic mass is 10.2. The van der Waals surface area contributed by atoms with Gasteiger partial charge in [0.25, 0.3) is 12.0 Å². The highest BCUT2D eigenvalue weighted by Crippen LogP contribution is 2.22. The summed E-state index contributed by atoms with van der Waals surface area (Å²) in [6, 6.07) is 0. The van der Waals surface area contributed by atoms with Crippen LogP contribution in [0.3, 0.4) is 0 Å². The van der Waals surface area contributed by atoms with Gasteiger partial charge in [-0.05, 0) is 19.4 Å². The summed E-state index contributed by atoms with van der Waals surface area (Å²) in [5.74, 6) is 0. The summed E-state index contributed by atoms with van der Waals surface area (Å²) in [7, 11) is 0. The third kappa shape index (κ3) is 1.50. The number of fused-ring (bicyclic) bond motifs is 1. The molecule has 86 valence electrons. The van der Waals surface area contributed by atoms with Crippen LogP contribution in [-0.2, 0) is 6.54 Å². The molecule has 4 nitrogen and oxygen atoms in total. The smallest absolute Gasteiger partial charge is 0.288 e. The minimum absolute atomic E-state index is 0.269. The van der Waals surface area contributed by atoms with Gasteiger partial charge < -0.3 is 4.57 Å². The lowest BCUT2D eigenvalue weighted by Gasteiger charge is -2.06. The number of H-pyrrole nitrogens is 1. The van der Waals surface area contributed by atoms with Crippen molar-refractivity contribution < 1.29 is 8.78 Å². The van der Waals surface area contributed by atoms with Crippen molar-refractivity contribution in [1.29, 1.82) is 0 Å². The fourth-order valence-electron chi connectivity index (χ4n) is 1.87. The van der Waals surface area contributed by atoms with E-state index in [-0.39, 0.29) is 5.52 Å². The van der Waals surface area contributed by atoms with E-state index in [4.69, 9.17) is 0 Å². The lowest BCUT2D eigenvalue weighted by molar-refractivity contribution is 0.127. The number of aromatic amines is 1. The van der Waals surface area contributed by atoms with E-state index in [1.807, 2.05) is 0 Å². The summed E-state index contributed by atoms with van der Waals surface area (Å²) in [5, 5.41) is 6.55. The predicted octanol–water partition coefficient (Wildman–Crippen LogP) is 1.61. The minimum Gasteiger partial charge on any atom is -0.334 e. The molecule has 6 heteroatoms. The van der Waals surface area contributed by atoms with E-state index < -0.39 is 18.5 Å². The molecule has 2 aromatic rings. The molecule has 0 aliphatic rings. The first kappa shape index (κ1) is 10.8. The van der Waals surface area contributed by atoms with Crippen LogP contribution in [0.4, 0.5) is 8.78 Å². The Morgan fingerprint density at radius 2 is 2.19 bits per heavy atom. The summed E-state index contributed by atoms with van der Waals surface area (Å²) in [5.41, 5.74) is 1.32. The van der Waals surface area contributed by atoms with Crippen molar-refractivity contribution in [3.05, 3.63) is 27.8 Å². The lowest BCUT2D eigenvalue weighted by Crippen LogP contribution is -2.15. The second kappa shape index (κ2) is 3.70. The Hall–Kier alpha value is -1.72. The second-order valence-corrected chi connectivity index (χ2v) is 3.67. The molecule has 0 amide bonds. The molecule has 0 bridgehead atoms. The van der Waals surface area contributed by atoms with Crippen LogP contribution >= 0.6 is 0 Å². The van der Waals surface area contributed by atoms with Crippen molar-refractivity contribution in [3.8, 4) is 0 Å². The number of aryl methyl sites for hydroxylation is 1. The average molecular weight is 227 g/mol. The van der Waals surface area contributed by atoms with Gasteiger partial charge >= 0.3 is 0 Å². The maximum absolute atomic E-state index is 12.4. The van der Waals surface area contributed by atoms with Crippen molar-refractivity contribution in [2.24, 2.45) is 0 Å². The molecule has 2 heterocycles. The van der Waals surface area contributed by atoms with Crippen molar-refractivity contribution in [2.45, 2.75) is 26.8 Å². The number of halogens is 2. The highest BCUT2D eigenvalue weighted by atomic mass is 19.3. The van der Waals surface area contributed by atoms with E-state index >= 15 is 0 Å². The van der Waals surface area contributed by atoms with Gasteiger partial charge in [-0.1, -0.05) is 0 Å². The van der Waals surface area contributed by atoms with E-state index in [1.54, 1.807) is 13.8 Å². The fraction of sp³-hybridized carbons (Fsp3) is 0.400. The van der Waals surface area contributed by atoms with Crippen LogP contribution in [0, 0.1) is 13.8 Å². The average Bonchev–Trinajstić information content (AvgIpc) is 2.45. The number of hydrogen-bond acceptors (Lipinski definition) is 2. The number of alkyl halides is 2. The van der Waals surface area contributed by atoms with Gasteiger partial charge in [-0.25, -0.2) is 13.9 Å². The van der Waals surface area contributed by atoms with Crippen LogP contribution in [0.1, 0.15) is 11.3 Å². The summed E-state index contributed by atoms with van der Waals surface area (Å²) in [6.07, 6.45) is -0.998. The van der Waals surface area contributed by atoms with Gasteiger partial charge in [-0.15, -0.1) is 0 Å². The number of hydrogen-bond donors (Lipinski definition) is 1. The van der Waals surface area contributed by atoms with E-state index in [9.17, 15) is 13.6 Å². The van der Waals surface area contributed by atoms with Crippen molar-refractivity contribution in [2.75, 3.05) is 0 Å². The molecule has 0 unspecified atom stereocenters. The molecule has 0 spiro atoms. The number of nitrogens with zero attached hydrogens (tertiary/aromatic N) is 2. The van der Waals surface area contributed by atoms with E-state index in [0.717, 1.165) is 5.56 Å². The highest BCUT2D eigenvalue weighted by Gasteiger charge is 2.16. The summed E-state index contributed by atoms with van der Waals surface area (Å²) < 4.78 is 26.2. The van der Waals surface area contributed by atoms with Crippen LogP contribution in [0.2, 0.25) is 0 Å². The quantitative estimate of drug-likeness (QED) is 0.847. The summed E-state index contributed by atoms with van der Waals surface area (Å²) >= 11 is 0. The molecule has 0 radical (unpaired) electrons. The standard InChI is InChI=1S/C10H11F2N3O/c1-5-6(2)15(4-8(11)12)9-7(5)3-13-14-10(9)16/h3,8H,4H2,1-2H3,(H,14,16). The van der Waals surface area contributed by atoms with Crippen molar-refractivity contribution in [3.63, 3.8) is 0 Å². The van der Waals surface area contributed by atoms with Crippen LogP contribution < -0.4 is 5.56 Å². The maximum atomic E-state index is 12.4. The van der Waals surface area contributed by atoms with Crippen LogP contribution in [0.15, 0.2) is 11.0 Å². The van der Waals surface area contributed by atoms with E-state index in [1.165, 1.54) is 10.8 Å². The van der Waals surface area contributed by atoms with E-state index in [0.29, 0.717) is 11.1 Å². The van der Waals surface area contributed by atoms with Crippen molar-refractivity contribution >= 4 is 10.9 Å². The molecule has 0 aromatic carbocycles. The van der Waals surface area contributed by atoms with Crippen molar-refractivity contribution in [1.82, 2.24) is 14.8 Å². The molecule has 2 rings (SSSR count). The Labute approximate surface area is 89.9 Å². The van der Waals surface area contributed by atoms with Crippen LogP contribution in [0.5, 0.6) is 0 Å². The zero-order valence-electron chi connectivity index (χ0n) is 8.92. The van der Waals surface area contributed by atoms with Gasteiger partial charge in [-0.2, -0.15) is 5.10 Å². The van der Waals surface area contributed by atoms with Gasteiger partial charge in [0, 0.05) is 11.1 Å². The highest BCUT2D eigenvalue weighted by molar-refractivity contribution is 5.83. The Bertz CT molecular complexity index is 585. The Morgan fingerprint density at radius 1 is 1.50 bits per heavy atom. The van der Waals surface area contributed by atoms with Crippen LogP contribution in [0.25, 0.3) is 10.9 Å². The zero-order valence-corrected chi connectivity index (χ0v) is 8.92. The zero-order chi connectivity index (χ0) is 11.9. The molecular formula is C10H11F2N3O. The molecule has 0 saturated carbocycles. The molecule has 16 heavy (non-hydrogen) atoms. The molecule has 0 fully saturated rings. The number of aromatic nitrogens is 3. The summed E-state index contributed by atoms with van der Waals surface area (Å²) in [4.78, 5) is 11.6. The topological polar surface area (TPSA) is 50.7 Å². The third-order valence-electron chi connectivity index (χ3n) is 2.77. The van der Waals surface area contributed by atoms with E-state index in [2.05, 4.69) is 10.2 Å². The van der Waals surface area contributed by atoms with Crippen LogP contribution in [-0.4, -0.2) is 21.2 Å². The Morgan fingerprint density at radius 3 is 2.81 bits per heavy atom. The van der Waals surface area contributed by atoms with Gasteiger partial charge in [-0.3, -0.25) is 4.79 Å². The first-order chi connectivity index (χ1) is 7.52. The second-order valence-electron chi connectivity index (χ2n) is 3.67. The first-order valence-electron chi connectivity index (χ1n) is 4.83. The van der Waals surface area contributed by atoms with Gasteiger partial charge in [0.1, 0.15) is 5.52 Å². The Balaban J connectivity index is 2.81. The van der Waals surface area contributed by atoms with Gasteiger partial charge in [0.15, 0.2) is 0 Å². The van der Waals surface area contributed by atoms with Gasteiger partial charge in [0.05, 0.1) is 12.7 Å². The largest absolute Gasteiger partial charge is 0.334 e. The molecule has 0 saturated heterocycles. The molecule has 0 aliphatic heterocycles. The fourth-order valence-corrected chi connectivity index (χ4v) is 1.87. The minimum atomic E-state index is -2.48.